The van der Waals surface area contributed by atoms with Crippen LogP contribution in [0.4, 0.5) is 0 Å². The van der Waals surface area contributed by atoms with Crippen LogP contribution in [0.1, 0.15) is 30.8 Å². The number of amides is 1. The van der Waals surface area contributed by atoms with Gasteiger partial charge < -0.3 is 5.32 Å². The Balaban J connectivity index is 1.84. The van der Waals surface area contributed by atoms with E-state index in [4.69, 9.17) is 0 Å². The Labute approximate surface area is 130 Å². The highest BCUT2D eigenvalue weighted by atomic mass is 32.1. The van der Waals surface area contributed by atoms with Crippen molar-refractivity contribution in [2.24, 2.45) is 5.92 Å². The fourth-order valence-corrected chi connectivity index (χ4v) is 2.75. The highest BCUT2D eigenvalue weighted by Crippen LogP contribution is 2.21. The highest BCUT2D eigenvalue weighted by molar-refractivity contribution is 7.09. The first-order chi connectivity index (χ1) is 10.0. The van der Waals surface area contributed by atoms with E-state index in [2.05, 4.69) is 53.8 Å². The Morgan fingerprint density at radius 1 is 1.29 bits per heavy atom. The first-order valence-corrected chi connectivity index (χ1v) is 8.20. The first-order valence-electron chi connectivity index (χ1n) is 7.32. The van der Waals surface area contributed by atoms with Gasteiger partial charge in [0.15, 0.2) is 0 Å². The molecule has 4 heteroatoms. The lowest BCUT2D eigenvalue weighted by molar-refractivity contribution is -0.121. The normalized spacial score (nSPS) is 10.9. The molecule has 1 heterocycles. The van der Waals surface area contributed by atoms with Crippen molar-refractivity contribution >= 4 is 17.2 Å². The molecule has 112 valence electrons. The quantitative estimate of drug-likeness (QED) is 0.881. The molecule has 0 saturated carbocycles. The molecule has 0 aliphatic heterocycles. The van der Waals surface area contributed by atoms with E-state index in [1.165, 1.54) is 5.56 Å². The summed E-state index contributed by atoms with van der Waals surface area (Å²) in [4.78, 5) is 16.1. The molecule has 2 rings (SSSR count). The van der Waals surface area contributed by atoms with Gasteiger partial charge in [0.25, 0.3) is 0 Å². The minimum absolute atomic E-state index is 0.138. The van der Waals surface area contributed by atoms with Gasteiger partial charge in [0.1, 0.15) is 0 Å². The predicted octanol–water partition coefficient (Wildman–Crippen LogP) is 3.82. The third kappa shape index (κ3) is 4.97. The Hall–Kier alpha value is -1.68. The van der Waals surface area contributed by atoms with Crippen LogP contribution in [0.3, 0.4) is 0 Å². The summed E-state index contributed by atoms with van der Waals surface area (Å²) >= 11 is 1.67. The van der Waals surface area contributed by atoms with Crippen molar-refractivity contribution in [3.8, 4) is 11.3 Å². The molecule has 0 atom stereocenters. The molecule has 0 unspecified atom stereocenters. The third-order valence-corrected chi connectivity index (χ3v) is 3.97. The molecule has 0 fully saturated rings. The Bertz CT molecular complexity index is 587. The number of aromatic nitrogens is 1. The number of aryl methyl sites for hydroxylation is 1. The number of thiazole rings is 1. The molecule has 0 bridgehead atoms. The van der Waals surface area contributed by atoms with E-state index in [0.29, 0.717) is 18.9 Å². The van der Waals surface area contributed by atoms with Gasteiger partial charge in [-0.1, -0.05) is 38.1 Å². The molecule has 0 aliphatic carbocycles. The van der Waals surface area contributed by atoms with Crippen LogP contribution in [0.2, 0.25) is 0 Å². The molecule has 1 aromatic heterocycles. The number of nitrogens with zero attached hydrogens (tertiary/aromatic N) is 1. The van der Waals surface area contributed by atoms with E-state index < -0.39 is 0 Å². The molecule has 0 saturated heterocycles. The van der Waals surface area contributed by atoms with Crippen LogP contribution in [-0.4, -0.2) is 17.4 Å². The number of hydrogen-bond donors (Lipinski definition) is 1. The Morgan fingerprint density at radius 2 is 2.00 bits per heavy atom. The Kier molecular flexibility index (Phi) is 5.51. The minimum Gasteiger partial charge on any atom is -0.356 e. The number of hydrogen-bond acceptors (Lipinski definition) is 3. The summed E-state index contributed by atoms with van der Waals surface area (Å²) in [5.74, 6) is 0.547. The average Bonchev–Trinajstić information content (AvgIpc) is 2.85. The van der Waals surface area contributed by atoms with Crippen LogP contribution in [0.15, 0.2) is 29.6 Å². The number of nitrogens with one attached hydrogen (secondary N) is 1. The van der Waals surface area contributed by atoms with Gasteiger partial charge >= 0.3 is 0 Å². The molecule has 3 nitrogen and oxygen atoms in total. The van der Waals surface area contributed by atoms with Gasteiger partial charge in [0, 0.05) is 23.9 Å². The van der Waals surface area contributed by atoms with Crippen molar-refractivity contribution in [2.45, 2.75) is 33.6 Å². The maximum Gasteiger partial charge on any atom is 0.220 e. The number of carbonyl (C=O) groups excluding carboxylic acids is 1. The third-order valence-electron chi connectivity index (χ3n) is 3.20. The van der Waals surface area contributed by atoms with Crippen molar-refractivity contribution in [1.29, 1.82) is 0 Å². The minimum atomic E-state index is 0.138. The van der Waals surface area contributed by atoms with Gasteiger partial charge in [0.05, 0.1) is 10.7 Å². The SMILES string of the molecule is Cc1nc(-c2ccc(CCNC(=O)CC(C)C)cc2)cs1. The summed E-state index contributed by atoms with van der Waals surface area (Å²) in [6, 6.07) is 8.41. The van der Waals surface area contributed by atoms with E-state index in [-0.39, 0.29) is 5.91 Å². The summed E-state index contributed by atoms with van der Waals surface area (Å²) in [6.07, 6.45) is 1.46. The zero-order chi connectivity index (χ0) is 15.2. The summed E-state index contributed by atoms with van der Waals surface area (Å²) < 4.78 is 0. The molecule has 0 spiro atoms. The van der Waals surface area contributed by atoms with Crippen LogP contribution < -0.4 is 5.32 Å². The van der Waals surface area contributed by atoms with Gasteiger partial charge in [-0.05, 0) is 24.8 Å². The molecule has 1 N–H and O–H groups in total. The first kappa shape index (κ1) is 15.7. The van der Waals surface area contributed by atoms with Crippen LogP contribution in [-0.2, 0) is 11.2 Å². The van der Waals surface area contributed by atoms with Crippen molar-refractivity contribution < 1.29 is 4.79 Å². The van der Waals surface area contributed by atoms with E-state index in [1.807, 2.05) is 6.92 Å². The van der Waals surface area contributed by atoms with E-state index >= 15 is 0 Å². The maximum absolute atomic E-state index is 11.6. The smallest absolute Gasteiger partial charge is 0.220 e. The molecule has 1 amide bonds. The van der Waals surface area contributed by atoms with E-state index in [9.17, 15) is 4.79 Å². The number of benzene rings is 1. The number of carbonyl (C=O) groups is 1. The topological polar surface area (TPSA) is 42.0 Å². The standard InChI is InChI=1S/C17H22N2OS/c1-12(2)10-17(20)18-9-8-14-4-6-15(7-5-14)16-11-21-13(3)19-16/h4-7,11-12H,8-10H2,1-3H3,(H,18,20). The molecular weight excluding hydrogens is 280 g/mol. The molecule has 1 aromatic carbocycles. The lowest BCUT2D eigenvalue weighted by atomic mass is 10.1. The molecule has 21 heavy (non-hydrogen) atoms. The van der Waals surface area contributed by atoms with Crippen molar-refractivity contribution in [1.82, 2.24) is 10.3 Å². The van der Waals surface area contributed by atoms with Crippen LogP contribution in [0.5, 0.6) is 0 Å². The second kappa shape index (κ2) is 7.36. The molecule has 0 aliphatic rings. The van der Waals surface area contributed by atoms with E-state index in [1.54, 1.807) is 11.3 Å². The highest BCUT2D eigenvalue weighted by Gasteiger charge is 2.05. The lowest BCUT2D eigenvalue weighted by Crippen LogP contribution is -2.26. The van der Waals surface area contributed by atoms with Gasteiger partial charge in [-0.3, -0.25) is 4.79 Å². The predicted molar refractivity (Wildman–Crippen MR) is 88.5 cm³/mol. The summed E-state index contributed by atoms with van der Waals surface area (Å²) in [7, 11) is 0. The van der Waals surface area contributed by atoms with Crippen molar-refractivity contribution in [3.05, 3.63) is 40.2 Å². The Morgan fingerprint density at radius 3 is 2.57 bits per heavy atom. The molecular formula is C17H22N2OS. The average molecular weight is 302 g/mol. The lowest BCUT2D eigenvalue weighted by Gasteiger charge is -2.07. The largest absolute Gasteiger partial charge is 0.356 e. The van der Waals surface area contributed by atoms with Crippen molar-refractivity contribution in [2.75, 3.05) is 6.54 Å². The van der Waals surface area contributed by atoms with Crippen LogP contribution in [0.25, 0.3) is 11.3 Å². The van der Waals surface area contributed by atoms with Gasteiger partial charge in [-0.15, -0.1) is 11.3 Å². The van der Waals surface area contributed by atoms with Gasteiger partial charge in [-0.25, -0.2) is 4.98 Å². The zero-order valence-corrected chi connectivity index (χ0v) is 13.7. The molecule has 2 aromatic rings. The van der Waals surface area contributed by atoms with Crippen LogP contribution in [0, 0.1) is 12.8 Å². The van der Waals surface area contributed by atoms with Gasteiger partial charge in [0.2, 0.25) is 5.91 Å². The second-order valence-electron chi connectivity index (χ2n) is 5.65. The maximum atomic E-state index is 11.6. The summed E-state index contributed by atoms with van der Waals surface area (Å²) in [5.41, 5.74) is 3.41. The number of rotatable bonds is 6. The summed E-state index contributed by atoms with van der Waals surface area (Å²) in [6.45, 7) is 6.82. The molecule has 0 radical (unpaired) electrons. The van der Waals surface area contributed by atoms with Gasteiger partial charge in [-0.2, -0.15) is 0 Å². The summed E-state index contributed by atoms with van der Waals surface area (Å²) in [5, 5.41) is 6.13. The van der Waals surface area contributed by atoms with Crippen LogP contribution >= 0.6 is 11.3 Å². The fourth-order valence-electron chi connectivity index (χ4n) is 2.13. The van der Waals surface area contributed by atoms with E-state index in [0.717, 1.165) is 22.7 Å². The second-order valence-corrected chi connectivity index (χ2v) is 6.71. The van der Waals surface area contributed by atoms with Crippen molar-refractivity contribution in [3.63, 3.8) is 0 Å². The monoisotopic (exact) mass is 302 g/mol. The fraction of sp³-hybridized carbons (Fsp3) is 0.412. The zero-order valence-electron chi connectivity index (χ0n) is 12.8.